The number of anilines is 1. The molecule has 0 saturated heterocycles. The zero-order valence-corrected chi connectivity index (χ0v) is 18.9. The van der Waals surface area contributed by atoms with Gasteiger partial charge in [0.1, 0.15) is 11.6 Å². The third-order valence-corrected chi connectivity index (χ3v) is 6.28. The van der Waals surface area contributed by atoms with Gasteiger partial charge in [0.05, 0.1) is 5.56 Å². The molecule has 0 fully saturated rings. The monoisotopic (exact) mass is 497 g/mol. The Labute approximate surface area is 201 Å². The van der Waals surface area contributed by atoms with Gasteiger partial charge in [-0.25, -0.2) is 4.98 Å². The lowest BCUT2D eigenvalue weighted by Crippen LogP contribution is -2.13. The molecule has 0 radical (unpaired) electrons. The van der Waals surface area contributed by atoms with Crippen LogP contribution in [-0.4, -0.2) is 10.9 Å². The third kappa shape index (κ3) is 5.28. The Morgan fingerprint density at radius 1 is 1.15 bits per heavy atom. The minimum absolute atomic E-state index is 0.103. The molecule has 0 bridgehead atoms. The molecule has 4 nitrogen and oxygen atoms in total. The van der Waals surface area contributed by atoms with Crippen LogP contribution in [0, 0.1) is 11.3 Å². The lowest BCUT2D eigenvalue weighted by atomic mass is 10.0. The number of nitriles is 1. The van der Waals surface area contributed by atoms with E-state index >= 15 is 0 Å². The average molecular weight is 498 g/mol. The first-order valence-electron chi connectivity index (χ1n) is 9.96. The second-order valence-electron chi connectivity index (χ2n) is 7.30. The van der Waals surface area contributed by atoms with Crippen LogP contribution < -0.4 is 5.32 Å². The van der Waals surface area contributed by atoms with Crippen LogP contribution in [0.5, 0.6) is 0 Å². The summed E-state index contributed by atoms with van der Waals surface area (Å²) in [6, 6.07) is 18.3. The van der Waals surface area contributed by atoms with Gasteiger partial charge in [-0.2, -0.15) is 18.4 Å². The van der Waals surface area contributed by atoms with Crippen molar-refractivity contribution in [2.75, 3.05) is 5.32 Å². The fraction of sp³-hybridized carbons (Fsp3) is 0.0800. The zero-order chi connectivity index (χ0) is 24.3. The maximum atomic E-state index is 13.0. The van der Waals surface area contributed by atoms with Crippen molar-refractivity contribution < 1.29 is 18.0 Å². The van der Waals surface area contributed by atoms with Gasteiger partial charge < -0.3 is 0 Å². The highest BCUT2D eigenvalue weighted by Crippen LogP contribution is 2.33. The van der Waals surface area contributed by atoms with Gasteiger partial charge in [0, 0.05) is 22.5 Å². The van der Waals surface area contributed by atoms with E-state index in [4.69, 9.17) is 11.6 Å². The van der Waals surface area contributed by atoms with Crippen molar-refractivity contribution in [1.29, 1.82) is 5.26 Å². The molecule has 170 valence electrons. The minimum Gasteiger partial charge on any atom is -0.297 e. The number of fused-ring (bicyclic) bond motifs is 1. The molecule has 3 aromatic carbocycles. The summed E-state index contributed by atoms with van der Waals surface area (Å²) < 4.78 is 39.0. The fourth-order valence-electron chi connectivity index (χ4n) is 3.37. The number of rotatable bonds is 5. The Bertz CT molecular complexity index is 1450. The smallest absolute Gasteiger partial charge is 0.297 e. The number of nitrogens with one attached hydrogen (secondary N) is 1. The molecule has 1 aromatic heterocycles. The Hall–Kier alpha value is -3.67. The molecule has 9 heteroatoms. The Balaban J connectivity index is 1.52. The van der Waals surface area contributed by atoms with E-state index in [2.05, 4.69) is 10.3 Å². The van der Waals surface area contributed by atoms with Gasteiger partial charge in [-0.3, -0.25) is 10.1 Å². The predicted octanol–water partition coefficient (Wildman–Crippen LogP) is 7.10. The van der Waals surface area contributed by atoms with Gasteiger partial charge in [-0.15, -0.1) is 11.3 Å². The molecular formula is C25H15ClF3N3OS. The Morgan fingerprint density at radius 2 is 1.91 bits per heavy atom. The lowest BCUT2D eigenvalue weighted by Gasteiger charge is -2.09. The van der Waals surface area contributed by atoms with Gasteiger partial charge in [0.25, 0.3) is 5.91 Å². The van der Waals surface area contributed by atoms with Crippen molar-refractivity contribution in [2.24, 2.45) is 0 Å². The third-order valence-electron chi connectivity index (χ3n) is 5.00. The second kappa shape index (κ2) is 9.67. The Morgan fingerprint density at radius 3 is 2.68 bits per heavy atom. The summed E-state index contributed by atoms with van der Waals surface area (Å²) in [4.78, 5) is 17.4. The number of carbonyl (C=O) groups is 1. The zero-order valence-electron chi connectivity index (χ0n) is 17.4. The SMILES string of the molecule is N#CC(=Cc1cccc2ccccc12)C(=O)Nc1ncc(Cc2cc(C(F)(F)F)ccc2Cl)s1. The van der Waals surface area contributed by atoms with E-state index in [1.807, 2.05) is 48.5 Å². The molecule has 1 heterocycles. The largest absolute Gasteiger partial charge is 0.416 e. The molecular weight excluding hydrogens is 483 g/mol. The highest BCUT2D eigenvalue weighted by Gasteiger charge is 2.31. The summed E-state index contributed by atoms with van der Waals surface area (Å²) in [5.74, 6) is -0.631. The minimum atomic E-state index is -4.48. The van der Waals surface area contributed by atoms with Crippen molar-refractivity contribution in [3.8, 4) is 6.07 Å². The van der Waals surface area contributed by atoms with E-state index in [0.29, 0.717) is 10.4 Å². The molecule has 1 N–H and O–H groups in total. The first-order valence-corrected chi connectivity index (χ1v) is 11.2. The molecule has 4 rings (SSSR count). The molecule has 0 spiro atoms. The van der Waals surface area contributed by atoms with Crippen LogP contribution in [0.15, 0.2) is 72.4 Å². The average Bonchev–Trinajstić information content (AvgIpc) is 3.24. The predicted molar refractivity (Wildman–Crippen MR) is 128 cm³/mol. The summed E-state index contributed by atoms with van der Waals surface area (Å²) in [6.45, 7) is 0. The normalized spacial score (nSPS) is 11.9. The van der Waals surface area contributed by atoms with Crippen molar-refractivity contribution in [3.05, 3.63) is 99.0 Å². The molecule has 0 aliphatic carbocycles. The van der Waals surface area contributed by atoms with Gasteiger partial charge in [-0.05, 0) is 46.2 Å². The number of hydrogen-bond acceptors (Lipinski definition) is 4. The van der Waals surface area contributed by atoms with E-state index in [1.165, 1.54) is 18.3 Å². The van der Waals surface area contributed by atoms with Crippen LogP contribution in [0.1, 0.15) is 21.6 Å². The van der Waals surface area contributed by atoms with Crippen LogP contribution >= 0.6 is 22.9 Å². The van der Waals surface area contributed by atoms with Gasteiger partial charge in [-0.1, -0.05) is 54.1 Å². The molecule has 0 atom stereocenters. The molecule has 1 amide bonds. The number of aromatic nitrogens is 1. The summed E-state index contributed by atoms with van der Waals surface area (Å²) in [5, 5.41) is 14.4. The quantitative estimate of drug-likeness (QED) is 0.236. The first kappa shape index (κ1) is 23.5. The highest BCUT2D eigenvalue weighted by atomic mass is 35.5. The van der Waals surface area contributed by atoms with Crippen LogP contribution in [0.4, 0.5) is 18.3 Å². The van der Waals surface area contributed by atoms with Gasteiger partial charge >= 0.3 is 6.18 Å². The molecule has 4 aromatic rings. The molecule has 0 saturated carbocycles. The van der Waals surface area contributed by atoms with E-state index < -0.39 is 17.6 Å². The number of alkyl halides is 3. The first-order chi connectivity index (χ1) is 16.2. The molecule has 0 unspecified atom stereocenters. The summed E-state index contributed by atoms with van der Waals surface area (Å²) in [6.07, 6.45) is -1.39. The molecule has 34 heavy (non-hydrogen) atoms. The lowest BCUT2D eigenvalue weighted by molar-refractivity contribution is -0.137. The number of benzene rings is 3. The fourth-order valence-corrected chi connectivity index (χ4v) is 4.38. The van der Waals surface area contributed by atoms with E-state index in [-0.39, 0.29) is 22.1 Å². The maximum Gasteiger partial charge on any atom is 0.416 e. The second-order valence-corrected chi connectivity index (χ2v) is 8.83. The van der Waals surface area contributed by atoms with Crippen molar-refractivity contribution >= 4 is 50.8 Å². The number of halogens is 4. The van der Waals surface area contributed by atoms with E-state index in [0.717, 1.165) is 39.8 Å². The summed E-state index contributed by atoms with van der Waals surface area (Å²) >= 11 is 7.17. The topological polar surface area (TPSA) is 65.8 Å². The maximum absolute atomic E-state index is 13.0. The van der Waals surface area contributed by atoms with E-state index in [9.17, 15) is 23.2 Å². The summed E-state index contributed by atoms with van der Waals surface area (Å²) in [5.41, 5.74) is 0.131. The van der Waals surface area contributed by atoms with Crippen molar-refractivity contribution in [1.82, 2.24) is 4.98 Å². The van der Waals surface area contributed by atoms with Crippen LogP contribution in [0.3, 0.4) is 0 Å². The van der Waals surface area contributed by atoms with Gasteiger partial charge in [0.2, 0.25) is 0 Å². The van der Waals surface area contributed by atoms with Crippen molar-refractivity contribution in [2.45, 2.75) is 12.6 Å². The number of thiazole rings is 1. The van der Waals surface area contributed by atoms with Crippen LogP contribution in [0.2, 0.25) is 5.02 Å². The van der Waals surface area contributed by atoms with E-state index in [1.54, 1.807) is 0 Å². The van der Waals surface area contributed by atoms with Gasteiger partial charge in [0.15, 0.2) is 5.13 Å². The van der Waals surface area contributed by atoms with Crippen LogP contribution in [-0.2, 0) is 17.4 Å². The molecule has 0 aliphatic heterocycles. The highest BCUT2D eigenvalue weighted by molar-refractivity contribution is 7.15. The number of amides is 1. The van der Waals surface area contributed by atoms with Crippen LogP contribution in [0.25, 0.3) is 16.8 Å². The van der Waals surface area contributed by atoms with Crippen molar-refractivity contribution in [3.63, 3.8) is 0 Å². The standard InChI is InChI=1S/C25H15ClF3N3OS/c26-22-9-8-19(25(27,28)29)11-17(22)12-20-14-31-24(34-20)32-23(33)18(13-30)10-16-6-3-5-15-4-1-2-7-21(15)16/h1-11,14H,12H2,(H,31,32,33). The number of hydrogen-bond donors (Lipinski definition) is 1. The summed E-state index contributed by atoms with van der Waals surface area (Å²) in [7, 11) is 0. The Kier molecular flexibility index (Phi) is 6.68. The molecule has 0 aliphatic rings. The number of carbonyl (C=O) groups excluding carboxylic acids is 1. The number of nitrogens with zero attached hydrogens (tertiary/aromatic N) is 2.